The summed E-state index contributed by atoms with van der Waals surface area (Å²) in [6.07, 6.45) is 1.18. The molecule has 1 aliphatic heterocycles. The molecule has 1 saturated heterocycles. The zero-order valence-corrected chi connectivity index (χ0v) is 19.2. The first-order chi connectivity index (χ1) is 14.2. The number of nitrogens with one attached hydrogen (secondary N) is 1. The van der Waals surface area contributed by atoms with Crippen LogP contribution in [0.1, 0.15) is 86.5 Å². The Morgan fingerprint density at radius 1 is 0.903 bits per heavy atom. The first kappa shape index (κ1) is 26.4. The second kappa shape index (κ2) is 11.1. The second-order valence-electron chi connectivity index (χ2n) is 9.38. The average molecular weight is 443 g/mol. The van der Waals surface area contributed by atoms with Gasteiger partial charge in [0.1, 0.15) is 17.2 Å². The van der Waals surface area contributed by atoms with Crippen LogP contribution in [0, 0.1) is 0 Å². The summed E-state index contributed by atoms with van der Waals surface area (Å²) in [6, 6.07) is -1.11. The topological polar surface area (TPSA) is 128 Å². The lowest BCUT2D eigenvalue weighted by Crippen LogP contribution is -2.46. The average Bonchev–Trinajstić information content (AvgIpc) is 2.89. The van der Waals surface area contributed by atoms with E-state index in [0.717, 1.165) is 0 Å². The molecule has 10 nitrogen and oxygen atoms in total. The number of hydrogen-bond donors (Lipinski definition) is 1. The lowest BCUT2D eigenvalue weighted by molar-refractivity contribution is -0.199. The van der Waals surface area contributed by atoms with Crippen LogP contribution in [0.2, 0.25) is 0 Å². The number of amides is 3. The lowest BCUT2D eigenvalue weighted by atomic mass is 10.1. The van der Waals surface area contributed by atoms with E-state index in [-0.39, 0.29) is 31.7 Å². The molecule has 0 aromatic heterocycles. The molecule has 0 spiro atoms. The van der Waals surface area contributed by atoms with Crippen molar-refractivity contribution in [1.82, 2.24) is 10.4 Å². The van der Waals surface area contributed by atoms with E-state index in [4.69, 9.17) is 14.3 Å². The van der Waals surface area contributed by atoms with Crippen LogP contribution in [-0.4, -0.2) is 52.2 Å². The van der Waals surface area contributed by atoms with Gasteiger partial charge in [0.15, 0.2) is 0 Å². The molecule has 31 heavy (non-hydrogen) atoms. The maximum absolute atomic E-state index is 12.5. The molecule has 1 unspecified atom stereocenters. The van der Waals surface area contributed by atoms with Gasteiger partial charge in [-0.15, -0.1) is 5.06 Å². The van der Waals surface area contributed by atoms with Crippen molar-refractivity contribution < 1.29 is 38.3 Å². The van der Waals surface area contributed by atoms with E-state index in [0.29, 0.717) is 24.3 Å². The number of carbonyl (C=O) groups excluding carboxylic acids is 5. The maximum atomic E-state index is 12.5. The van der Waals surface area contributed by atoms with E-state index in [2.05, 4.69) is 5.32 Å². The summed E-state index contributed by atoms with van der Waals surface area (Å²) in [5.74, 6) is -2.44. The van der Waals surface area contributed by atoms with Gasteiger partial charge in [-0.25, -0.2) is 9.59 Å². The number of hydrogen-bond acceptors (Lipinski definition) is 8. The molecule has 0 radical (unpaired) electrons. The molecule has 1 N–H and O–H groups in total. The molecule has 0 aliphatic carbocycles. The minimum atomic E-state index is -1.11. The van der Waals surface area contributed by atoms with E-state index in [1.807, 2.05) is 0 Å². The molecule has 0 aromatic rings. The van der Waals surface area contributed by atoms with Crippen LogP contribution in [0.15, 0.2) is 0 Å². The van der Waals surface area contributed by atoms with E-state index < -0.39 is 41.1 Å². The van der Waals surface area contributed by atoms with Gasteiger partial charge in [-0.05, 0) is 54.4 Å². The van der Waals surface area contributed by atoms with Crippen molar-refractivity contribution in [3.8, 4) is 0 Å². The molecule has 0 aromatic carbocycles. The van der Waals surface area contributed by atoms with Crippen molar-refractivity contribution >= 4 is 29.8 Å². The van der Waals surface area contributed by atoms with Crippen LogP contribution < -0.4 is 5.32 Å². The molecule has 10 heteroatoms. The molecule has 1 atom stereocenters. The van der Waals surface area contributed by atoms with Crippen LogP contribution in [-0.2, 0) is 33.5 Å². The normalized spacial score (nSPS) is 15.5. The monoisotopic (exact) mass is 442 g/mol. The minimum absolute atomic E-state index is 0.0268. The minimum Gasteiger partial charge on any atom is -0.460 e. The number of nitrogens with zero attached hydrogens (tertiary/aromatic N) is 1. The van der Waals surface area contributed by atoms with Crippen molar-refractivity contribution in [2.75, 3.05) is 0 Å². The van der Waals surface area contributed by atoms with Gasteiger partial charge in [0, 0.05) is 19.3 Å². The number of alkyl carbamates (subject to hydrolysis) is 1. The van der Waals surface area contributed by atoms with Crippen molar-refractivity contribution in [1.29, 1.82) is 0 Å². The Balaban J connectivity index is 2.60. The molecule has 176 valence electrons. The zero-order chi connectivity index (χ0) is 23.8. The van der Waals surface area contributed by atoms with Crippen molar-refractivity contribution in [3.05, 3.63) is 0 Å². The fourth-order valence-corrected chi connectivity index (χ4v) is 2.70. The Bertz CT molecular complexity index is 674. The maximum Gasteiger partial charge on any atom is 0.408 e. The predicted molar refractivity (Wildman–Crippen MR) is 109 cm³/mol. The summed E-state index contributed by atoms with van der Waals surface area (Å²) in [5, 5.41) is 2.87. The Kier molecular flexibility index (Phi) is 9.45. The summed E-state index contributed by atoms with van der Waals surface area (Å²) in [7, 11) is 0. The highest BCUT2D eigenvalue weighted by molar-refractivity contribution is 6.01. The van der Waals surface area contributed by atoms with E-state index >= 15 is 0 Å². The number of rotatable bonds is 9. The molecule has 1 aliphatic rings. The van der Waals surface area contributed by atoms with Gasteiger partial charge in [-0.1, -0.05) is 12.8 Å². The van der Waals surface area contributed by atoms with Gasteiger partial charge in [-0.2, -0.15) is 0 Å². The van der Waals surface area contributed by atoms with E-state index in [1.54, 1.807) is 41.5 Å². The molecule has 1 fully saturated rings. The van der Waals surface area contributed by atoms with Gasteiger partial charge >= 0.3 is 18.0 Å². The first-order valence-electron chi connectivity index (χ1n) is 10.5. The molecular weight excluding hydrogens is 408 g/mol. The van der Waals surface area contributed by atoms with Crippen molar-refractivity contribution in [2.45, 2.75) is 104 Å². The number of esters is 1. The summed E-state index contributed by atoms with van der Waals surface area (Å²) >= 11 is 0. The number of imide groups is 1. The third-order valence-electron chi connectivity index (χ3n) is 3.96. The Morgan fingerprint density at radius 2 is 1.45 bits per heavy atom. The molecule has 3 amide bonds. The number of ether oxygens (including phenoxy) is 2. The lowest BCUT2D eigenvalue weighted by Gasteiger charge is -2.23. The molecule has 0 bridgehead atoms. The van der Waals surface area contributed by atoms with Gasteiger partial charge in [0.05, 0.1) is 0 Å². The predicted octanol–water partition coefficient (Wildman–Crippen LogP) is 2.78. The quantitative estimate of drug-likeness (QED) is 0.328. The van der Waals surface area contributed by atoms with Gasteiger partial charge < -0.3 is 19.6 Å². The fourth-order valence-electron chi connectivity index (χ4n) is 2.70. The number of carbonyl (C=O) groups is 5. The van der Waals surface area contributed by atoms with Crippen molar-refractivity contribution in [2.24, 2.45) is 0 Å². The molecule has 1 heterocycles. The van der Waals surface area contributed by atoms with Gasteiger partial charge in [0.2, 0.25) is 0 Å². The summed E-state index contributed by atoms with van der Waals surface area (Å²) in [5.41, 5.74) is -1.32. The standard InChI is InChI=1S/C21H34N2O8/c1-20(2,3)29-17(26)11-9-7-8-10-14(22-19(28)30-21(4,5)6)18(27)31-23-15(24)12-13-16(23)25/h14H,7-13H2,1-6H3,(H,22,28). The first-order valence-corrected chi connectivity index (χ1v) is 10.5. The second-order valence-corrected chi connectivity index (χ2v) is 9.38. The van der Waals surface area contributed by atoms with Gasteiger partial charge in [-0.3, -0.25) is 14.4 Å². The largest absolute Gasteiger partial charge is 0.460 e. The Labute approximate surface area is 182 Å². The van der Waals surface area contributed by atoms with Gasteiger partial charge in [0.25, 0.3) is 11.8 Å². The van der Waals surface area contributed by atoms with Crippen LogP contribution in [0.5, 0.6) is 0 Å². The van der Waals surface area contributed by atoms with Crippen LogP contribution in [0.3, 0.4) is 0 Å². The molecule has 1 rings (SSSR count). The molecule has 0 saturated carbocycles. The SMILES string of the molecule is CC(C)(C)OC(=O)CCCCCC(NC(=O)OC(C)(C)C)C(=O)ON1C(=O)CCC1=O. The number of hydroxylamine groups is 2. The molecular formula is C21H34N2O8. The smallest absolute Gasteiger partial charge is 0.408 e. The van der Waals surface area contributed by atoms with Crippen molar-refractivity contribution in [3.63, 3.8) is 0 Å². The Morgan fingerprint density at radius 3 is 1.97 bits per heavy atom. The Hall–Kier alpha value is -2.65. The highest BCUT2D eigenvalue weighted by Crippen LogP contribution is 2.16. The third-order valence-corrected chi connectivity index (χ3v) is 3.96. The van der Waals surface area contributed by atoms with Crippen LogP contribution >= 0.6 is 0 Å². The van der Waals surface area contributed by atoms with Crippen LogP contribution in [0.4, 0.5) is 4.79 Å². The third kappa shape index (κ3) is 10.8. The van der Waals surface area contributed by atoms with Crippen LogP contribution in [0.25, 0.3) is 0 Å². The summed E-state index contributed by atoms with van der Waals surface area (Å²) < 4.78 is 10.4. The van der Waals surface area contributed by atoms with E-state index in [9.17, 15) is 24.0 Å². The summed E-state index contributed by atoms with van der Waals surface area (Å²) in [4.78, 5) is 64.7. The summed E-state index contributed by atoms with van der Waals surface area (Å²) in [6.45, 7) is 10.4. The highest BCUT2D eigenvalue weighted by Gasteiger charge is 2.35. The van der Waals surface area contributed by atoms with E-state index in [1.165, 1.54) is 0 Å². The number of unbranched alkanes of at least 4 members (excludes halogenated alkanes) is 2. The zero-order valence-electron chi connectivity index (χ0n) is 19.2. The highest BCUT2D eigenvalue weighted by atomic mass is 16.7. The fraction of sp³-hybridized carbons (Fsp3) is 0.762.